The zero-order valence-electron chi connectivity index (χ0n) is 18.1. The number of rotatable bonds is 4. The minimum atomic E-state index is -1.44. The van der Waals surface area contributed by atoms with E-state index in [0.29, 0.717) is 11.4 Å². The number of allylic oxidation sites excluding steroid dienone is 1. The third-order valence-electron chi connectivity index (χ3n) is 7.17. The fourth-order valence-electron chi connectivity index (χ4n) is 5.68. The molecule has 5 rings (SSSR count). The fraction of sp³-hybridized carbons (Fsp3) is 0.348. The van der Waals surface area contributed by atoms with Gasteiger partial charge in [0.25, 0.3) is 11.8 Å². The number of anilines is 1. The van der Waals surface area contributed by atoms with Gasteiger partial charge in [-0.2, -0.15) is 0 Å². The summed E-state index contributed by atoms with van der Waals surface area (Å²) in [6, 6.07) is 7.60. The molecule has 0 bridgehead atoms. The minimum Gasteiger partial charge on any atom is -0.383 e. The van der Waals surface area contributed by atoms with Gasteiger partial charge < -0.3 is 15.4 Å². The summed E-state index contributed by atoms with van der Waals surface area (Å²) in [5.41, 5.74) is 0.560. The van der Waals surface area contributed by atoms with Crippen molar-refractivity contribution in [1.82, 2.24) is 20.2 Å². The molecule has 9 heteroatoms. The molecular formula is C23H25N5O4. The maximum atomic E-state index is 13.5. The summed E-state index contributed by atoms with van der Waals surface area (Å²) >= 11 is 0. The molecule has 9 nitrogen and oxygen atoms in total. The van der Waals surface area contributed by atoms with Crippen LogP contribution in [0.15, 0.2) is 55.1 Å². The number of hydroxylamine groups is 1. The molecule has 2 aromatic rings. The van der Waals surface area contributed by atoms with E-state index in [9.17, 15) is 14.7 Å². The molecule has 166 valence electrons. The van der Waals surface area contributed by atoms with E-state index < -0.39 is 34.5 Å². The SMILES string of the molecule is C=CC(C)(C)[C@@]12C[C@H](O)C(=O)N3C(=Cc4cnc[nH]4)C(=O)N[C@]31N(OC)c1ccccc12. The molecule has 2 saturated heterocycles. The lowest BCUT2D eigenvalue weighted by Crippen LogP contribution is -2.79. The average molecular weight is 435 g/mol. The summed E-state index contributed by atoms with van der Waals surface area (Å²) in [6.07, 6.45) is 5.14. The van der Waals surface area contributed by atoms with Crippen molar-refractivity contribution in [1.29, 1.82) is 0 Å². The molecule has 32 heavy (non-hydrogen) atoms. The number of imidazole rings is 1. The van der Waals surface area contributed by atoms with Gasteiger partial charge in [0.15, 0.2) is 0 Å². The number of piperidine rings is 1. The Labute approximate surface area is 185 Å². The number of nitrogens with one attached hydrogen (secondary N) is 2. The second kappa shape index (κ2) is 6.54. The molecule has 0 aliphatic carbocycles. The van der Waals surface area contributed by atoms with Crippen LogP contribution in [-0.4, -0.2) is 50.8 Å². The van der Waals surface area contributed by atoms with Gasteiger partial charge in [0.05, 0.1) is 36.4 Å². The van der Waals surface area contributed by atoms with Gasteiger partial charge in [0.1, 0.15) is 11.8 Å². The molecule has 3 aliphatic heterocycles. The molecule has 4 heterocycles. The van der Waals surface area contributed by atoms with E-state index in [0.717, 1.165) is 5.56 Å². The van der Waals surface area contributed by atoms with Gasteiger partial charge in [0, 0.05) is 0 Å². The molecule has 0 unspecified atom stereocenters. The smallest absolute Gasteiger partial charge is 0.271 e. The number of aromatic nitrogens is 2. The first kappa shape index (κ1) is 20.5. The summed E-state index contributed by atoms with van der Waals surface area (Å²) in [6.45, 7) is 8.03. The van der Waals surface area contributed by atoms with Gasteiger partial charge in [-0.05, 0) is 29.5 Å². The number of amides is 2. The molecule has 3 aliphatic rings. The summed E-state index contributed by atoms with van der Waals surface area (Å²) in [7, 11) is 1.50. The lowest BCUT2D eigenvalue weighted by molar-refractivity contribution is -0.170. The van der Waals surface area contributed by atoms with Crippen molar-refractivity contribution in [2.45, 2.75) is 37.6 Å². The molecule has 0 saturated carbocycles. The van der Waals surface area contributed by atoms with E-state index in [1.807, 2.05) is 38.1 Å². The lowest BCUT2D eigenvalue weighted by atomic mass is 9.55. The van der Waals surface area contributed by atoms with E-state index >= 15 is 0 Å². The van der Waals surface area contributed by atoms with E-state index in [1.165, 1.54) is 18.3 Å². The van der Waals surface area contributed by atoms with Gasteiger partial charge in [0.2, 0.25) is 5.79 Å². The fourth-order valence-corrected chi connectivity index (χ4v) is 5.68. The monoisotopic (exact) mass is 435 g/mol. The molecule has 2 amide bonds. The van der Waals surface area contributed by atoms with Gasteiger partial charge in [-0.1, -0.05) is 38.1 Å². The maximum absolute atomic E-state index is 13.5. The largest absolute Gasteiger partial charge is 0.383 e. The van der Waals surface area contributed by atoms with Crippen molar-refractivity contribution in [3.63, 3.8) is 0 Å². The van der Waals surface area contributed by atoms with Crippen LogP contribution in [-0.2, 0) is 19.8 Å². The van der Waals surface area contributed by atoms with Crippen LogP contribution in [0.3, 0.4) is 0 Å². The van der Waals surface area contributed by atoms with Gasteiger partial charge >= 0.3 is 0 Å². The number of aliphatic hydroxyl groups is 1. The number of hydrogen-bond donors (Lipinski definition) is 3. The Kier molecular flexibility index (Phi) is 4.18. The second-order valence-corrected chi connectivity index (χ2v) is 8.88. The number of para-hydroxylation sites is 1. The standard InChI is InChI=1S/C23H25N5O4/c1-5-21(2,3)22-11-18(29)20(31)27-17(10-14-12-24-13-25-14)19(30)26-23(22,27)28(32-4)16-9-7-6-8-15(16)22/h5-10,12-13,18,29H,1,11H2,2-4H3,(H,24,25)(H,26,30)/t18-,22-,23-/m0/s1. The number of carbonyl (C=O) groups is 2. The number of carbonyl (C=O) groups excluding carboxylic acids is 2. The predicted octanol–water partition coefficient (Wildman–Crippen LogP) is 1.66. The number of aliphatic hydroxyl groups excluding tert-OH is 1. The van der Waals surface area contributed by atoms with Crippen LogP contribution >= 0.6 is 0 Å². The lowest BCUT2D eigenvalue weighted by Gasteiger charge is -2.59. The molecule has 3 N–H and O–H groups in total. The second-order valence-electron chi connectivity index (χ2n) is 8.88. The van der Waals surface area contributed by atoms with E-state index in [1.54, 1.807) is 23.4 Å². The van der Waals surface area contributed by atoms with Crippen LogP contribution in [0.25, 0.3) is 6.08 Å². The van der Waals surface area contributed by atoms with Crippen molar-refractivity contribution in [2.24, 2.45) is 5.41 Å². The van der Waals surface area contributed by atoms with Crippen molar-refractivity contribution < 1.29 is 19.5 Å². The number of hydrogen-bond acceptors (Lipinski definition) is 6. The Bertz CT molecular complexity index is 1160. The van der Waals surface area contributed by atoms with Crippen LogP contribution < -0.4 is 10.4 Å². The van der Waals surface area contributed by atoms with Crippen LogP contribution in [0.1, 0.15) is 31.5 Å². The topological polar surface area (TPSA) is 111 Å². The van der Waals surface area contributed by atoms with Crippen molar-refractivity contribution in [3.05, 3.63) is 66.4 Å². The summed E-state index contributed by atoms with van der Waals surface area (Å²) in [5, 5.41) is 15.7. The highest BCUT2D eigenvalue weighted by Gasteiger charge is 2.78. The molecule has 1 aromatic heterocycles. The highest BCUT2D eigenvalue weighted by Crippen LogP contribution is 2.66. The van der Waals surface area contributed by atoms with Crippen LogP contribution in [0.4, 0.5) is 5.69 Å². The van der Waals surface area contributed by atoms with Crippen molar-refractivity contribution in [2.75, 3.05) is 12.2 Å². The van der Waals surface area contributed by atoms with Gasteiger partial charge in [-0.15, -0.1) is 6.58 Å². The first-order chi connectivity index (χ1) is 15.2. The quantitative estimate of drug-likeness (QED) is 0.498. The molecule has 1 spiro atoms. The molecule has 3 atom stereocenters. The van der Waals surface area contributed by atoms with Crippen LogP contribution in [0.5, 0.6) is 0 Å². The summed E-state index contributed by atoms with van der Waals surface area (Å²) < 4.78 is 0. The third-order valence-corrected chi connectivity index (χ3v) is 7.17. The highest BCUT2D eigenvalue weighted by molar-refractivity contribution is 6.07. The van der Waals surface area contributed by atoms with Crippen LogP contribution in [0, 0.1) is 5.41 Å². The zero-order chi connectivity index (χ0) is 22.9. The highest BCUT2D eigenvalue weighted by atomic mass is 16.7. The van der Waals surface area contributed by atoms with Gasteiger partial charge in [-0.25, -0.2) is 10.0 Å². The Hall–Kier alpha value is -3.43. The number of benzene rings is 1. The average Bonchev–Trinajstić information content (AvgIpc) is 3.44. The summed E-state index contributed by atoms with van der Waals surface area (Å²) in [4.78, 5) is 41.1. The van der Waals surface area contributed by atoms with E-state index in [-0.39, 0.29) is 12.1 Å². The van der Waals surface area contributed by atoms with E-state index in [2.05, 4.69) is 21.9 Å². The van der Waals surface area contributed by atoms with E-state index in [4.69, 9.17) is 4.84 Å². The molecule has 2 fully saturated rings. The third kappa shape index (κ3) is 2.17. The Morgan fingerprint density at radius 1 is 1.34 bits per heavy atom. The molecular weight excluding hydrogens is 410 g/mol. The zero-order valence-corrected chi connectivity index (χ0v) is 18.1. The van der Waals surface area contributed by atoms with Crippen molar-refractivity contribution in [3.8, 4) is 0 Å². The maximum Gasteiger partial charge on any atom is 0.271 e. The molecule has 1 aromatic carbocycles. The normalized spacial score (nSPS) is 30.2. The Morgan fingerprint density at radius 2 is 2.09 bits per heavy atom. The van der Waals surface area contributed by atoms with Crippen molar-refractivity contribution >= 4 is 23.6 Å². The summed E-state index contributed by atoms with van der Waals surface area (Å²) in [5.74, 6) is -2.48. The first-order valence-electron chi connectivity index (χ1n) is 10.4. The number of aromatic amines is 1. The number of nitrogens with zero attached hydrogens (tertiary/aromatic N) is 3. The number of H-pyrrole nitrogens is 1. The number of fused-ring (bicyclic) bond motifs is 2. The first-order valence-corrected chi connectivity index (χ1v) is 10.4. The predicted molar refractivity (Wildman–Crippen MR) is 116 cm³/mol. The minimum absolute atomic E-state index is 0.0792. The molecule has 0 radical (unpaired) electrons. The van der Waals surface area contributed by atoms with Crippen LogP contribution in [0.2, 0.25) is 0 Å². The van der Waals surface area contributed by atoms with Gasteiger partial charge in [-0.3, -0.25) is 19.3 Å². The Morgan fingerprint density at radius 3 is 2.75 bits per heavy atom. The Balaban J connectivity index is 1.88.